The van der Waals surface area contributed by atoms with Gasteiger partial charge in [-0.3, -0.25) is 0 Å². The second kappa shape index (κ2) is 2.85. The molecule has 0 aromatic carbocycles. The van der Waals surface area contributed by atoms with Crippen molar-refractivity contribution >= 4 is 20.8 Å². The third kappa shape index (κ3) is 6.46. The van der Waals surface area contributed by atoms with Crippen LogP contribution < -0.4 is 5.14 Å². The summed E-state index contributed by atoms with van der Waals surface area (Å²) in [6.07, 6.45) is 0. The molecule has 8 heavy (non-hydrogen) atoms. The van der Waals surface area contributed by atoms with Gasteiger partial charge in [-0.15, -0.1) is 0 Å². The zero-order chi connectivity index (χ0) is 6.78. The Morgan fingerprint density at radius 3 is 1.88 bits per heavy atom. The van der Waals surface area contributed by atoms with Crippen LogP contribution in [0.1, 0.15) is 20.8 Å². The molecule has 1 unspecified atom stereocenters. The van der Waals surface area contributed by atoms with Crippen LogP contribution >= 0.6 is 10.8 Å². The molecule has 0 amide bonds. The monoisotopic (exact) mass is 153 g/mol. The minimum atomic E-state index is -1.22. The second-order valence-electron chi connectivity index (χ2n) is 2.46. The van der Waals surface area contributed by atoms with E-state index in [9.17, 15) is 4.21 Å². The summed E-state index contributed by atoms with van der Waals surface area (Å²) >= 11 is 0. The fourth-order valence-electron chi connectivity index (χ4n) is 0.246. The van der Waals surface area contributed by atoms with Gasteiger partial charge in [0.1, 0.15) is 0 Å². The summed E-state index contributed by atoms with van der Waals surface area (Å²) in [5.74, 6) is 0. The van der Waals surface area contributed by atoms with Gasteiger partial charge < -0.3 is 0 Å². The fraction of sp³-hybridized carbons (Fsp3) is 1.00. The first-order chi connectivity index (χ1) is 3.42. The van der Waals surface area contributed by atoms with Crippen LogP contribution in [0.15, 0.2) is 0 Å². The molecule has 0 heterocycles. The highest BCUT2D eigenvalue weighted by Gasteiger charge is 2.12. The lowest BCUT2D eigenvalue weighted by molar-refractivity contribution is 0.692. The Hall–Kier alpha value is 0.460. The number of hydrogen-bond acceptors (Lipinski definition) is 2. The van der Waals surface area contributed by atoms with Gasteiger partial charge in [0.25, 0.3) is 0 Å². The molecule has 4 heteroatoms. The summed E-state index contributed by atoms with van der Waals surface area (Å²) in [5.41, 5.74) is 0. The average Bonchev–Trinajstić information content (AvgIpc) is 1.21. The predicted molar refractivity (Wildman–Crippen MR) is 39.7 cm³/mol. The largest absolute Gasteiger partial charge is 0.242 e. The molecule has 0 bridgehead atoms. The lowest BCUT2D eigenvalue weighted by Gasteiger charge is -2.13. The highest BCUT2D eigenvalue weighted by atomic mass is 33.1. The molecule has 0 radical (unpaired) electrons. The van der Waals surface area contributed by atoms with Crippen molar-refractivity contribution in [2.75, 3.05) is 0 Å². The molecular weight excluding hydrogens is 142 g/mol. The topological polar surface area (TPSA) is 43.1 Å². The lowest BCUT2D eigenvalue weighted by atomic mass is 10.3. The number of nitrogens with two attached hydrogens (primary N) is 1. The summed E-state index contributed by atoms with van der Waals surface area (Å²) in [4.78, 5) is 0. The Bertz CT molecular complexity index is 96.7. The van der Waals surface area contributed by atoms with Crippen molar-refractivity contribution in [2.45, 2.75) is 25.5 Å². The van der Waals surface area contributed by atoms with E-state index >= 15 is 0 Å². The Morgan fingerprint density at radius 2 is 1.88 bits per heavy atom. The summed E-state index contributed by atoms with van der Waals surface area (Å²) in [7, 11) is 0.0432. The maximum absolute atomic E-state index is 10.3. The third-order valence-electron chi connectivity index (χ3n) is 0.332. The molecule has 0 aromatic heterocycles. The van der Waals surface area contributed by atoms with E-state index in [4.69, 9.17) is 5.14 Å². The van der Waals surface area contributed by atoms with Crippen molar-refractivity contribution in [3.05, 3.63) is 0 Å². The van der Waals surface area contributed by atoms with E-state index in [-0.39, 0.29) is 4.75 Å². The maximum Gasteiger partial charge on any atom is 0.151 e. The molecule has 0 fully saturated rings. The molecule has 2 nitrogen and oxygen atoms in total. The van der Waals surface area contributed by atoms with E-state index in [1.807, 2.05) is 20.8 Å². The SMILES string of the molecule is CC(C)(C)SS(N)=O. The van der Waals surface area contributed by atoms with Gasteiger partial charge in [0, 0.05) is 4.75 Å². The first kappa shape index (κ1) is 8.46. The first-order valence-electron chi connectivity index (χ1n) is 2.27. The molecule has 0 aliphatic rings. The van der Waals surface area contributed by atoms with Gasteiger partial charge in [0.05, 0.1) is 0 Å². The van der Waals surface area contributed by atoms with Crippen LogP contribution in [0.3, 0.4) is 0 Å². The smallest absolute Gasteiger partial charge is 0.151 e. The van der Waals surface area contributed by atoms with Crippen LogP contribution in [0.4, 0.5) is 0 Å². The van der Waals surface area contributed by atoms with Crippen LogP contribution in [-0.4, -0.2) is 8.96 Å². The normalized spacial score (nSPS) is 16.0. The van der Waals surface area contributed by atoms with Crippen LogP contribution in [0.2, 0.25) is 0 Å². The van der Waals surface area contributed by atoms with Gasteiger partial charge in [-0.05, 0) is 31.6 Å². The maximum atomic E-state index is 10.3. The fourth-order valence-corrected chi connectivity index (χ4v) is 2.22. The van der Waals surface area contributed by atoms with Crippen molar-refractivity contribution in [2.24, 2.45) is 5.14 Å². The van der Waals surface area contributed by atoms with E-state index in [0.717, 1.165) is 0 Å². The van der Waals surface area contributed by atoms with Crippen LogP contribution in [0.25, 0.3) is 0 Å². The van der Waals surface area contributed by atoms with Crippen molar-refractivity contribution in [3.8, 4) is 0 Å². The van der Waals surface area contributed by atoms with Crippen molar-refractivity contribution in [3.63, 3.8) is 0 Å². The van der Waals surface area contributed by atoms with Crippen molar-refractivity contribution < 1.29 is 4.21 Å². The molecular formula is C4H11NOS2. The molecule has 0 saturated carbocycles. The zero-order valence-corrected chi connectivity index (χ0v) is 6.94. The molecule has 50 valence electrons. The van der Waals surface area contributed by atoms with Gasteiger partial charge in [0.15, 0.2) is 10.0 Å². The van der Waals surface area contributed by atoms with Gasteiger partial charge in [0.2, 0.25) is 0 Å². The second-order valence-corrected chi connectivity index (χ2v) is 5.85. The Labute approximate surface area is 56.2 Å². The molecule has 0 spiro atoms. The minimum absolute atomic E-state index is 0.0135. The van der Waals surface area contributed by atoms with Gasteiger partial charge in [-0.25, -0.2) is 9.35 Å². The summed E-state index contributed by atoms with van der Waals surface area (Å²) in [6, 6.07) is 0. The van der Waals surface area contributed by atoms with Crippen LogP contribution in [0, 0.1) is 0 Å². The minimum Gasteiger partial charge on any atom is -0.242 e. The molecule has 0 aliphatic heterocycles. The van der Waals surface area contributed by atoms with Gasteiger partial charge >= 0.3 is 0 Å². The highest BCUT2D eigenvalue weighted by molar-refractivity contribution is 8.68. The Kier molecular flexibility index (Phi) is 3.01. The molecule has 0 aromatic rings. The zero-order valence-electron chi connectivity index (χ0n) is 5.30. The van der Waals surface area contributed by atoms with Crippen molar-refractivity contribution in [1.82, 2.24) is 0 Å². The van der Waals surface area contributed by atoms with E-state index in [1.54, 1.807) is 0 Å². The molecule has 2 N–H and O–H groups in total. The van der Waals surface area contributed by atoms with Gasteiger partial charge in [-0.2, -0.15) is 0 Å². The molecule has 1 atom stereocenters. The highest BCUT2D eigenvalue weighted by Crippen LogP contribution is 2.23. The first-order valence-corrected chi connectivity index (χ1v) is 4.82. The molecule has 0 rings (SSSR count). The van der Waals surface area contributed by atoms with E-state index in [2.05, 4.69) is 0 Å². The average molecular weight is 153 g/mol. The van der Waals surface area contributed by atoms with Crippen molar-refractivity contribution in [1.29, 1.82) is 0 Å². The Morgan fingerprint density at radius 1 is 1.50 bits per heavy atom. The van der Waals surface area contributed by atoms with E-state index in [0.29, 0.717) is 0 Å². The molecule has 0 saturated heterocycles. The number of rotatable bonds is 1. The summed E-state index contributed by atoms with van der Waals surface area (Å²) in [6.45, 7) is 5.92. The Balaban J connectivity index is 3.55. The van der Waals surface area contributed by atoms with Gasteiger partial charge in [-0.1, -0.05) is 0 Å². The predicted octanol–water partition coefficient (Wildman–Crippen LogP) is 1.06. The quantitative estimate of drug-likeness (QED) is 0.572. The third-order valence-corrected chi connectivity index (χ3v) is 2.99. The summed E-state index contributed by atoms with van der Waals surface area (Å²) < 4.78 is 10.3. The van der Waals surface area contributed by atoms with Crippen LogP contribution in [0.5, 0.6) is 0 Å². The van der Waals surface area contributed by atoms with Crippen LogP contribution in [-0.2, 0) is 10.0 Å². The lowest BCUT2D eigenvalue weighted by Crippen LogP contribution is -2.12. The van der Waals surface area contributed by atoms with E-state index < -0.39 is 10.0 Å². The number of hydrogen-bond donors (Lipinski definition) is 1. The standard InChI is InChI=1S/C4H11NOS2/c1-4(2,3)7-8(5)6/h5H2,1-3H3. The summed E-state index contributed by atoms with van der Waals surface area (Å²) in [5, 5.41) is 5.01. The van der Waals surface area contributed by atoms with E-state index in [1.165, 1.54) is 10.8 Å². The molecule has 0 aliphatic carbocycles.